The van der Waals surface area contributed by atoms with Crippen LogP contribution < -0.4 is 24.8 Å². The molecule has 85 valence electrons. The van der Waals surface area contributed by atoms with Gasteiger partial charge in [-0.1, -0.05) is 25.5 Å². The van der Waals surface area contributed by atoms with E-state index >= 15 is 0 Å². The van der Waals surface area contributed by atoms with E-state index in [2.05, 4.69) is 44.2 Å². The first kappa shape index (κ1) is 18.7. The Labute approximate surface area is 129 Å². The molecule has 0 saturated carbocycles. The Balaban J connectivity index is 0. The summed E-state index contributed by atoms with van der Waals surface area (Å²) in [7, 11) is 0. The molecule has 0 fully saturated rings. The summed E-state index contributed by atoms with van der Waals surface area (Å²) < 4.78 is 0. The summed E-state index contributed by atoms with van der Waals surface area (Å²) in [5.74, 6) is 0. The third-order valence-electron chi connectivity index (χ3n) is 2.69. The first-order chi connectivity index (χ1) is 6.35. The fourth-order valence-corrected chi connectivity index (χ4v) is 1.87. The van der Waals surface area contributed by atoms with Gasteiger partial charge in [-0.25, -0.2) is 0 Å². The molecular formula is C13H15Cl2Zr. The zero-order valence-electron chi connectivity index (χ0n) is 9.56. The van der Waals surface area contributed by atoms with Crippen molar-refractivity contribution < 1.29 is 51.0 Å². The molecule has 0 bridgehead atoms. The molecule has 2 rings (SSSR count). The number of hydrogen-bond acceptors (Lipinski definition) is 0. The van der Waals surface area contributed by atoms with Crippen molar-refractivity contribution in [1.29, 1.82) is 0 Å². The minimum atomic E-state index is 0. The van der Waals surface area contributed by atoms with Crippen LogP contribution in [0.1, 0.15) is 25.0 Å². The van der Waals surface area contributed by atoms with Gasteiger partial charge < -0.3 is 24.8 Å². The summed E-state index contributed by atoms with van der Waals surface area (Å²) in [5.41, 5.74) is 2.92. The maximum Gasteiger partial charge on any atom is 3.00 e. The molecule has 0 spiro atoms. The Hall–Kier alpha value is 0.293. The van der Waals surface area contributed by atoms with Crippen LogP contribution in [-0.2, 0) is 39.0 Å². The van der Waals surface area contributed by atoms with E-state index in [-0.39, 0.29) is 51.0 Å². The monoisotopic (exact) mass is 331 g/mol. The minimum absolute atomic E-state index is 0. The normalized spacial score (nSPS) is 8.88. The van der Waals surface area contributed by atoms with Gasteiger partial charge in [-0.2, -0.15) is 6.07 Å². The molecule has 3 heteroatoms. The third-order valence-corrected chi connectivity index (χ3v) is 2.69. The number of halogens is 2. The molecule has 0 aliphatic carbocycles. The zero-order chi connectivity index (χ0) is 9.26. The summed E-state index contributed by atoms with van der Waals surface area (Å²) in [6, 6.07) is 11.2. The van der Waals surface area contributed by atoms with Gasteiger partial charge in [0.2, 0.25) is 0 Å². The maximum atomic E-state index is 2.33. The predicted molar refractivity (Wildman–Crippen MR) is 58.3 cm³/mol. The summed E-state index contributed by atoms with van der Waals surface area (Å²) >= 11 is 0. The Kier molecular flexibility index (Phi) is 9.79. The molecule has 2 aromatic carbocycles. The maximum absolute atomic E-state index is 2.33. The first-order valence-corrected chi connectivity index (χ1v) is 5.02. The quantitative estimate of drug-likeness (QED) is 0.542. The van der Waals surface area contributed by atoms with E-state index < -0.39 is 0 Å². The second kappa shape index (κ2) is 8.39. The first-order valence-electron chi connectivity index (χ1n) is 5.02. The molecule has 0 nitrogen and oxygen atoms in total. The van der Waals surface area contributed by atoms with Crippen molar-refractivity contribution in [2.75, 3.05) is 0 Å². The molecule has 16 heavy (non-hydrogen) atoms. The van der Waals surface area contributed by atoms with Gasteiger partial charge in [-0.15, -0.1) is 34.5 Å². The number of benzene rings is 1. The average Bonchev–Trinajstić information content (AvgIpc) is 2.59. The molecule has 0 aromatic heterocycles. The Morgan fingerprint density at radius 2 is 1.75 bits per heavy atom. The zero-order valence-corrected chi connectivity index (χ0v) is 13.5. The fraction of sp³-hybridized carbons (Fsp3) is 0.308. The summed E-state index contributed by atoms with van der Waals surface area (Å²) in [6.45, 7) is 4.42. The molecule has 2 aromatic rings. The van der Waals surface area contributed by atoms with Crippen LogP contribution in [0, 0.1) is 0 Å². The predicted octanol–water partition coefficient (Wildman–Crippen LogP) is -2.31. The molecule has 0 amide bonds. The van der Waals surface area contributed by atoms with E-state index in [0.717, 1.165) is 12.8 Å². The van der Waals surface area contributed by atoms with Crippen molar-refractivity contribution >= 4 is 10.8 Å². The van der Waals surface area contributed by atoms with Gasteiger partial charge in [-0.05, 0) is 12.8 Å². The van der Waals surface area contributed by atoms with E-state index in [0.29, 0.717) is 0 Å². The minimum Gasteiger partial charge on any atom is -1.00 e. The van der Waals surface area contributed by atoms with Crippen molar-refractivity contribution in [3.63, 3.8) is 0 Å². The van der Waals surface area contributed by atoms with Crippen molar-refractivity contribution in [1.82, 2.24) is 0 Å². The van der Waals surface area contributed by atoms with E-state index in [1.807, 2.05) is 0 Å². The smallest absolute Gasteiger partial charge is 1.00 e. The van der Waals surface area contributed by atoms with Gasteiger partial charge in [0.1, 0.15) is 0 Å². The molecule has 0 aliphatic rings. The summed E-state index contributed by atoms with van der Waals surface area (Å²) in [4.78, 5) is 0. The standard InChI is InChI=1S/C13H15.2ClH.Zr/c1-3-10-8-12-7-5-6-11(4-2)13(12)9-10;;;/h5-9H,3-4H2,1-2H3;2*1H;/q-1;;;+3/p-2. The number of fused-ring (bicyclic) bond motifs is 1. The van der Waals surface area contributed by atoms with Crippen LogP contribution in [0.4, 0.5) is 0 Å². The van der Waals surface area contributed by atoms with E-state index in [9.17, 15) is 0 Å². The van der Waals surface area contributed by atoms with E-state index in [1.54, 1.807) is 0 Å². The van der Waals surface area contributed by atoms with Gasteiger partial charge >= 0.3 is 26.2 Å². The Morgan fingerprint density at radius 3 is 2.31 bits per heavy atom. The van der Waals surface area contributed by atoms with Crippen LogP contribution in [0.2, 0.25) is 0 Å². The molecule has 0 saturated heterocycles. The van der Waals surface area contributed by atoms with Gasteiger partial charge in [0.05, 0.1) is 0 Å². The molecule has 0 unspecified atom stereocenters. The van der Waals surface area contributed by atoms with Crippen LogP contribution in [0.15, 0.2) is 30.3 Å². The number of hydrogen-bond donors (Lipinski definition) is 0. The molecule has 1 radical (unpaired) electrons. The van der Waals surface area contributed by atoms with Crippen molar-refractivity contribution in [3.05, 3.63) is 41.5 Å². The van der Waals surface area contributed by atoms with Gasteiger partial charge in [0.15, 0.2) is 0 Å². The molecule has 0 aliphatic heterocycles. The Bertz CT molecular complexity index is 421. The second-order valence-electron chi connectivity index (χ2n) is 3.49. The Morgan fingerprint density at radius 1 is 1.06 bits per heavy atom. The third kappa shape index (κ3) is 3.65. The summed E-state index contributed by atoms with van der Waals surface area (Å²) in [5, 5.41) is 2.85. The van der Waals surface area contributed by atoms with Crippen molar-refractivity contribution in [2.45, 2.75) is 26.7 Å². The van der Waals surface area contributed by atoms with Crippen LogP contribution >= 0.6 is 0 Å². The van der Waals surface area contributed by atoms with Crippen molar-refractivity contribution in [3.8, 4) is 0 Å². The van der Waals surface area contributed by atoms with Crippen LogP contribution in [0.5, 0.6) is 0 Å². The SMILES string of the molecule is CCc1cc2c(CC)cccc2[cH-]1.[Cl-].[Cl-].[Zr+3]. The number of rotatable bonds is 2. The second-order valence-corrected chi connectivity index (χ2v) is 3.49. The van der Waals surface area contributed by atoms with E-state index in [4.69, 9.17) is 0 Å². The molecular weight excluding hydrogens is 318 g/mol. The van der Waals surface area contributed by atoms with Crippen LogP contribution in [0.3, 0.4) is 0 Å². The van der Waals surface area contributed by atoms with Crippen LogP contribution in [0.25, 0.3) is 10.8 Å². The fourth-order valence-electron chi connectivity index (χ4n) is 1.87. The van der Waals surface area contributed by atoms with Crippen molar-refractivity contribution in [2.24, 2.45) is 0 Å². The van der Waals surface area contributed by atoms with Gasteiger partial charge in [0, 0.05) is 0 Å². The molecule has 0 heterocycles. The largest absolute Gasteiger partial charge is 3.00 e. The average molecular weight is 333 g/mol. The number of aryl methyl sites for hydroxylation is 2. The molecule has 0 atom stereocenters. The topological polar surface area (TPSA) is 0 Å². The van der Waals surface area contributed by atoms with E-state index in [1.165, 1.54) is 21.9 Å². The van der Waals surface area contributed by atoms with Crippen LogP contribution in [-0.4, -0.2) is 0 Å². The molecule has 0 N–H and O–H groups in total. The van der Waals surface area contributed by atoms with Gasteiger partial charge in [-0.3, -0.25) is 0 Å². The summed E-state index contributed by atoms with van der Waals surface area (Å²) in [6.07, 6.45) is 2.27. The van der Waals surface area contributed by atoms with Gasteiger partial charge in [0.25, 0.3) is 0 Å².